The van der Waals surface area contributed by atoms with Crippen LogP contribution in [0.3, 0.4) is 0 Å². The second kappa shape index (κ2) is 4.75. The fourth-order valence-corrected chi connectivity index (χ4v) is 1.70. The lowest BCUT2D eigenvalue weighted by atomic mass is 10.0. The maximum absolute atomic E-state index is 6.06. The van der Waals surface area contributed by atoms with Crippen molar-refractivity contribution < 1.29 is 9.47 Å². The van der Waals surface area contributed by atoms with Gasteiger partial charge in [0.05, 0.1) is 13.2 Å². The maximum atomic E-state index is 6.06. The third kappa shape index (κ3) is 2.78. The van der Waals surface area contributed by atoms with Crippen molar-refractivity contribution in [1.29, 1.82) is 0 Å². The summed E-state index contributed by atoms with van der Waals surface area (Å²) in [5.41, 5.74) is 8.45. The minimum atomic E-state index is -0.124. The number of aryl methyl sites for hydroxylation is 1. The molecule has 0 aliphatic carbocycles. The third-order valence-electron chi connectivity index (χ3n) is 2.64. The number of hydrogen-bond acceptors (Lipinski definition) is 3. The fourth-order valence-electron chi connectivity index (χ4n) is 1.70. The van der Waals surface area contributed by atoms with Gasteiger partial charge in [0.2, 0.25) is 0 Å². The van der Waals surface area contributed by atoms with E-state index < -0.39 is 0 Å². The SMILES string of the molecule is Cc1ccc(C(N)CC2OCCO2)cc1. The van der Waals surface area contributed by atoms with Gasteiger partial charge < -0.3 is 15.2 Å². The maximum Gasteiger partial charge on any atom is 0.159 e. The summed E-state index contributed by atoms with van der Waals surface area (Å²) >= 11 is 0. The molecule has 15 heavy (non-hydrogen) atoms. The highest BCUT2D eigenvalue weighted by Crippen LogP contribution is 2.20. The van der Waals surface area contributed by atoms with Crippen molar-refractivity contribution in [3.63, 3.8) is 0 Å². The molecule has 1 saturated heterocycles. The van der Waals surface area contributed by atoms with Crippen molar-refractivity contribution in [1.82, 2.24) is 0 Å². The first-order valence-electron chi connectivity index (χ1n) is 5.31. The Morgan fingerprint density at radius 1 is 1.27 bits per heavy atom. The average Bonchev–Trinajstić information content (AvgIpc) is 2.71. The zero-order valence-electron chi connectivity index (χ0n) is 8.98. The summed E-state index contributed by atoms with van der Waals surface area (Å²) in [6, 6.07) is 8.27. The van der Waals surface area contributed by atoms with Crippen LogP contribution in [0.25, 0.3) is 0 Å². The van der Waals surface area contributed by atoms with Crippen LogP contribution in [0.1, 0.15) is 23.6 Å². The molecular formula is C12H17NO2. The van der Waals surface area contributed by atoms with E-state index in [0.29, 0.717) is 13.2 Å². The molecule has 0 bridgehead atoms. The van der Waals surface area contributed by atoms with Gasteiger partial charge in [0.1, 0.15) is 0 Å². The monoisotopic (exact) mass is 207 g/mol. The van der Waals surface area contributed by atoms with Gasteiger partial charge in [-0.3, -0.25) is 0 Å². The van der Waals surface area contributed by atoms with Gasteiger partial charge in [0.15, 0.2) is 6.29 Å². The van der Waals surface area contributed by atoms with Gasteiger partial charge in [0, 0.05) is 12.5 Å². The summed E-state index contributed by atoms with van der Waals surface area (Å²) in [6.45, 7) is 3.44. The Morgan fingerprint density at radius 3 is 2.47 bits per heavy atom. The highest BCUT2D eigenvalue weighted by molar-refractivity contribution is 5.23. The molecule has 1 aliphatic heterocycles. The van der Waals surface area contributed by atoms with Crippen LogP contribution < -0.4 is 5.73 Å². The Hall–Kier alpha value is -0.900. The number of hydrogen-bond donors (Lipinski definition) is 1. The molecule has 0 spiro atoms. The number of benzene rings is 1. The van der Waals surface area contributed by atoms with E-state index in [1.54, 1.807) is 0 Å². The Labute approximate surface area is 90.2 Å². The van der Waals surface area contributed by atoms with Gasteiger partial charge in [-0.15, -0.1) is 0 Å². The molecule has 3 nitrogen and oxygen atoms in total. The van der Waals surface area contributed by atoms with Crippen molar-refractivity contribution in [2.45, 2.75) is 25.7 Å². The number of ether oxygens (including phenoxy) is 2. The van der Waals surface area contributed by atoms with Gasteiger partial charge in [0.25, 0.3) is 0 Å². The highest BCUT2D eigenvalue weighted by Gasteiger charge is 2.19. The fraction of sp³-hybridized carbons (Fsp3) is 0.500. The molecule has 1 fully saturated rings. The first kappa shape index (κ1) is 10.6. The summed E-state index contributed by atoms with van der Waals surface area (Å²) in [5.74, 6) is 0. The van der Waals surface area contributed by atoms with Gasteiger partial charge >= 0.3 is 0 Å². The molecule has 0 aromatic heterocycles. The summed E-state index contributed by atoms with van der Waals surface area (Å²) in [5, 5.41) is 0. The largest absolute Gasteiger partial charge is 0.350 e. The van der Waals surface area contributed by atoms with Crippen LogP contribution >= 0.6 is 0 Å². The van der Waals surface area contributed by atoms with E-state index in [9.17, 15) is 0 Å². The molecule has 0 amide bonds. The quantitative estimate of drug-likeness (QED) is 0.821. The lowest BCUT2D eigenvalue weighted by Gasteiger charge is -2.16. The minimum absolute atomic E-state index is 0.00583. The van der Waals surface area contributed by atoms with Gasteiger partial charge in [-0.05, 0) is 12.5 Å². The number of nitrogens with two attached hydrogens (primary N) is 1. The molecule has 1 aromatic rings. The van der Waals surface area contributed by atoms with Crippen molar-refractivity contribution in [3.05, 3.63) is 35.4 Å². The molecular weight excluding hydrogens is 190 g/mol. The molecule has 0 radical (unpaired) electrons. The van der Waals surface area contributed by atoms with E-state index in [1.807, 2.05) is 0 Å². The summed E-state index contributed by atoms with van der Waals surface area (Å²) in [7, 11) is 0. The summed E-state index contributed by atoms with van der Waals surface area (Å²) < 4.78 is 10.7. The minimum Gasteiger partial charge on any atom is -0.350 e. The van der Waals surface area contributed by atoms with E-state index >= 15 is 0 Å². The summed E-state index contributed by atoms with van der Waals surface area (Å²) in [4.78, 5) is 0. The van der Waals surface area contributed by atoms with Gasteiger partial charge in [-0.1, -0.05) is 29.8 Å². The molecule has 1 unspecified atom stereocenters. The number of rotatable bonds is 3. The van der Waals surface area contributed by atoms with Crippen LogP contribution in [0.5, 0.6) is 0 Å². The van der Waals surface area contributed by atoms with Crippen LogP contribution in [-0.2, 0) is 9.47 Å². The van der Waals surface area contributed by atoms with Crippen molar-refractivity contribution in [3.8, 4) is 0 Å². The molecule has 2 rings (SSSR count). The topological polar surface area (TPSA) is 44.5 Å². The Balaban J connectivity index is 1.94. The van der Waals surface area contributed by atoms with Gasteiger partial charge in [-0.25, -0.2) is 0 Å². The zero-order chi connectivity index (χ0) is 10.7. The Bertz CT molecular complexity index is 304. The predicted octanol–water partition coefficient (Wildman–Crippen LogP) is 1.76. The molecule has 1 aliphatic rings. The van der Waals surface area contributed by atoms with E-state index in [2.05, 4.69) is 31.2 Å². The molecule has 82 valence electrons. The Kier molecular flexibility index (Phi) is 3.36. The van der Waals surface area contributed by atoms with E-state index in [1.165, 1.54) is 5.56 Å². The Morgan fingerprint density at radius 2 is 1.87 bits per heavy atom. The first-order chi connectivity index (χ1) is 7.25. The summed E-state index contributed by atoms with van der Waals surface area (Å²) in [6.07, 6.45) is 0.601. The van der Waals surface area contributed by atoms with Gasteiger partial charge in [-0.2, -0.15) is 0 Å². The molecule has 1 atom stereocenters. The van der Waals surface area contributed by atoms with Crippen LogP contribution in [0.15, 0.2) is 24.3 Å². The standard InChI is InChI=1S/C12H17NO2/c1-9-2-4-10(5-3-9)11(13)8-12-14-6-7-15-12/h2-5,11-12H,6-8,13H2,1H3. The van der Waals surface area contributed by atoms with Crippen molar-refractivity contribution in [2.75, 3.05) is 13.2 Å². The first-order valence-corrected chi connectivity index (χ1v) is 5.31. The third-order valence-corrected chi connectivity index (χ3v) is 2.64. The van der Waals surface area contributed by atoms with Crippen molar-refractivity contribution >= 4 is 0 Å². The van der Waals surface area contributed by atoms with E-state index in [4.69, 9.17) is 15.2 Å². The van der Waals surface area contributed by atoms with Crippen LogP contribution in [0.4, 0.5) is 0 Å². The molecule has 0 saturated carbocycles. The van der Waals surface area contributed by atoms with E-state index in [0.717, 1.165) is 12.0 Å². The lowest BCUT2D eigenvalue weighted by molar-refractivity contribution is -0.0507. The molecule has 2 N–H and O–H groups in total. The normalized spacial score (nSPS) is 19.3. The smallest absolute Gasteiger partial charge is 0.159 e. The predicted molar refractivity (Wildman–Crippen MR) is 58.4 cm³/mol. The zero-order valence-corrected chi connectivity index (χ0v) is 8.98. The molecule has 1 aromatic carbocycles. The van der Waals surface area contributed by atoms with Crippen molar-refractivity contribution in [2.24, 2.45) is 5.73 Å². The lowest BCUT2D eigenvalue weighted by Crippen LogP contribution is -2.19. The van der Waals surface area contributed by atoms with E-state index in [-0.39, 0.29) is 12.3 Å². The van der Waals surface area contributed by atoms with Crippen LogP contribution in [0, 0.1) is 6.92 Å². The highest BCUT2D eigenvalue weighted by atomic mass is 16.7. The van der Waals surface area contributed by atoms with Crippen LogP contribution in [-0.4, -0.2) is 19.5 Å². The molecule has 3 heteroatoms. The molecule has 1 heterocycles. The average molecular weight is 207 g/mol. The second-order valence-corrected chi connectivity index (χ2v) is 3.92. The second-order valence-electron chi connectivity index (χ2n) is 3.92. The van der Waals surface area contributed by atoms with Crippen LogP contribution in [0.2, 0.25) is 0 Å².